The van der Waals surface area contributed by atoms with Crippen LogP contribution in [0.3, 0.4) is 0 Å². The van der Waals surface area contributed by atoms with E-state index in [4.69, 9.17) is 23.2 Å². The van der Waals surface area contributed by atoms with E-state index in [1.165, 1.54) is 0 Å². The average Bonchev–Trinajstić information content (AvgIpc) is 2.40. The molecular formula is C14H7BrCl2N2. The van der Waals surface area contributed by atoms with Gasteiger partial charge in [0.05, 0.1) is 5.52 Å². The molecule has 0 unspecified atom stereocenters. The van der Waals surface area contributed by atoms with Crippen LogP contribution in [-0.4, -0.2) is 9.97 Å². The summed E-state index contributed by atoms with van der Waals surface area (Å²) in [5.74, 6) is 0.562. The molecule has 0 aliphatic heterocycles. The molecule has 3 aromatic rings. The number of para-hydroxylation sites is 1. The Bertz CT molecular complexity index is 774. The Kier molecular flexibility index (Phi) is 3.44. The van der Waals surface area contributed by atoms with Crippen LogP contribution in [0.1, 0.15) is 0 Å². The summed E-state index contributed by atoms with van der Waals surface area (Å²) in [4.78, 5) is 8.87. The molecule has 3 rings (SSSR count). The topological polar surface area (TPSA) is 25.8 Å². The first-order chi connectivity index (χ1) is 9.15. The Hall–Kier alpha value is -1.16. The van der Waals surface area contributed by atoms with Gasteiger partial charge in [0, 0.05) is 20.4 Å². The smallest absolute Gasteiger partial charge is 0.161 e. The lowest BCUT2D eigenvalue weighted by molar-refractivity contribution is 1.22. The van der Waals surface area contributed by atoms with Gasteiger partial charge in [-0.05, 0) is 40.2 Å². The van der Waals surface area contributed by atoms with Crippen molar-refractivity contribution in [3.05, 3.63) is 57.1 Å². The number of hydrogen-bond donors (Lipinski definition) is 0. The largest absolute Gasteiger partial charge is 0.227 e. The summed E-state index contributed by atoms with van der Waals surface area (Å²) in [7, 11) is 0. The molecule has 2 aromatic carbocycles. The van der Waals surface area contributed by atoms with Crippen molar-refractivity contribution in [1.82, 2.24) is 9.97 Å². The zero-order valence-electron chi connectivity index (χ0n) is 9.57. The average molecular weight is 354 g/mol. The number of hydrogen-bond acceptors (Lipinski definition) is 2. The van der Waals surface area contributed by atoms with Gasteiger partial charge in [0.1, 0.15) is 5.15 Å². The van der Waals surface area contributed by atoms with E-state index in [0.717, 1.165) is 20.9 Å². The number of nitrogens with zero attached hydrogens (tertiary/aromatic N) is 2. The van der Waals surface area contributed by atoms with E-state index in [1.807, 2.05) is 42.5 Å². The van der Waals surface area contributed by atoms with Crippen LogP contribution < -0.4 is 0 Å². The minimum atomic E-state index is 0.432. The normalized spacial score (nSPS) is 10.9. The first kappa shape index (κ1) is 12.9. The van der Waals surface area contributed by atoms with E-state index < -0.39 is 0 Å². The molecule has 1 heterocycles. The first-order valence-corrected chi connectivity index (χ1v) is 7.08. The standard InChI is InChI=1S/C14H7BrCl2N2/c15-11-6-2-5-10-12(11)18-14(19-13(10)17)8-3-1-4-9(16)7-8/h1-7H. The molecule has 0 amide bonds. The summed E-state index contributed by atoms with van der Waals surface area (Å²) in [6.45, 7) is 0. The van der Waals surface area contributed by atoms with Crippen LogP contribution in [0.4, 0.5) is 0 Å². The van der Waals surface area contributed by atoms with Crippen molar-refractivity contribution in [2.24, 2.45) is 0 Å². The van der Waals surface area contributed by atoms with E-state index in [9.17, 15) is 0 Å². The lowest BCUT2D eigenvalue weighted by atomic mass is 10.2. The van der Waals surface area contributed by atoms with Gasteiger partial charge < -0.3 is 0 Å². The molecule has 1 aromatic heterocycles. The Morgan fingerprint density at radius 2 is 1.74 bits per heavy atom. The maximum absolute atomic E-state index is 6.22. The van der Waals surface area contributed by atoms with Gasteiger partial charge in [0.25, 0.3) is 0 Å². The van der Waals surface area contributed by atoms with Gasteiger partial charge in [-0.15, -0.1) is 0 Å². The van der Waals surface area contributed by atoms with Crippen molar-refractivity contribution in [2.75, 3.05) is 0 Å². The molecule has 0 aliphatic rings. The van der Waals surface area contributed by atoms with E-state index in [2.05, 4.69) is 25.9 Å². The molecule has 0 saturated carbocycles. The van der Waals surface area contributed by atoms with Crippen LogP contribution in [0.5, 0.6) is 0 Å². The van der Waals surface area contributed by atoms with Gasteiger partial charge >= 0.3 is 0 Å². The third-order valence-corrected chi connectivity index (χ3v) is 3.88. The molecule has 0 fully saturated rings. The van der Waals surface area contributed by atoms with E-state index in [-0.39, 0.29) is 0 Å². The maximum atomic E-state index is 6.22. The molecule has 2 nitrogen and oxygen atoms in total. The van der Waals surface area contributed by atoms with Crippen LogP contribution in [0, 0.1) is 0 Å². The second-order valence-electron chi connectivity index (χ2n) is 3.98. The zero-order chi connectivity index (χ0) is 13.4. The fourth-order valence-corrected chi connectivity index (χ4v) is 2.71. The molecule has 5 heteroatoms. The lowest BCUT2D eigenvalue weighted by Crippen LogP contribution is -1.92. The summed E-state index contributed by atoms with van der Waals surface area (Å²) in [6.07, 6.45) is 0. The molecule has 0 aliphatic carbocycles. The number of fused-ring (bicyclic) bond motifs is 1. The van der Waals surface area contributed by atoms with E-state index in [1.54, 1.807) is 0 Å². The third-order valence-electron chi connectivity index (χ3n) is 2.71. The fraction of sp³-hybridized carbons (Fsp3) is 0. The lowest BCUT2D eigenvalue weighted by Gasteiger charge is -2.06. The molecule has 0 atom stereocenters. The monoisotopic (exact) mass is 352 g/mol. The number of rotatable bonds is 1. The predicted octanol–water partition coefficient (Wildman–Crippen LogP) is 5.37. The van der Waals surface area contributed by atoms with E-state index in [0.29, 0.717) is 16.0 Å². The SMILES string of the molecule is Clc1cccc(-c2nc(Cl)c3cccc(Br)c3n2)c1. The Morgan fingerprint density at radius 3 is 2.53 bits per heavy atom. The van der Waals surface area contributed by atoms with Gasteiger partial charge in [0.2, 0.25) is 0 Å². The number of benzene rings is 2. The third kappa shape index (κ3) is 2.46. The highest BCUT2D eigenvalue weighted by molar-refractivity contribution is 9.10. The van der Waals surface area contributed by atoms with Crippen LogP contribution in [0.2, 0.25) is 10.2 Å². The Balaban J connectivity index is 2.29. The number of halogens is 3. The van der Waals surface area contributed by atoms with Crippen molar-refractivity contribution in [1.29, 1.82) is 0 Å². The van der Waals surface area contributed by atoms with Crippen LogP contribution in [-0.2, 0) is 0 Å². The summed E-state index contributed by atoms with van der Waals surface area (Å²) < 4.78 is 0.887. The van der Waals surface area contributed by atoms with Crippen molar-refractivity contribution in [2.45, 2.75) is 0 Å². The highest BCUT2D eigenvalue weighted by Crippen LogP contribution is 2.29. The minimum absolute atomic E-state index is 0.432. The van der Waals surface area contributed by atoms with Gasteiger partial charge in [-0.2, -0.15) is 0 Å². The molecule has 0 radical (unpaired) electrons. The van der Waals surface area contributed by atoms with Crippen molar-refractivity contribution in [3.8, 4) is 11.4 Å². The Morgan fingerprint density at radius 1 is 0.947 bits per heavy atom. The summed E-state index contributed by atoms with van der Waals surface area (Å²) in [6, 6.07) is 13.1. The molecule has 0 saturated heterocycles. The molecule has 19 heavy (non-hydrogen) atoms. The van der Waals surface area contributed by atoms with Crippen molar-refractivity contribution < 1.29 is 0 Å². The number of aromatic nitrogens is 2. The van der Waals surface area contributed by atoms with Gasteiger partial charge in [-0.3, -0.25) is 0 Å². The summed E-state index contributed by atoms with van der Waals surface area (Å²) in [5, 5.41) is 1.90. The van der Waals surface area contributed by atoms with Gasteiger partial charge in [-0.1, -0.05) is 41.4 Å². The first-order valence-electron chi connectivity index (χ1n) is 5.53. The Labute approximate surface area is 128 Å². The summed E-state index contributed by atoms with van der Waals surface area (Å²) >= 11 is 15.7. The molecule has 0 spiro atoms. The van der Waals surface area contributed by atoms with Gasteiger partial charge in [-0.25, -0.2) is 9.97 Å². The fourth-order valence-electron chi connectivity index (χ4n) is 1.84. The zero-order valence-corrected chi connectivity index (χ0v) is 12.7. The predicted molar refractivity (Wildman–Crippen MR) is 82.7 cm³/mol. The molecule has 94 valence electrons. The summed E-state index contributed by atoms with van der Waals surface area (Å²) in [5.41, 5.74) is 1.63. The highest BCUT2D eigenvalue weighted by atomic mass is 79.9. The van der Waals surface area contributed by atoms with E-state index >= 15 is 0 Å². The molecule has 0 N–H and O–H groups in total. The van der Waals surface area contributed by atoms with Crippen LogP contribution in [0.25, 0.3) is 22.3 Å². The van der Waals surface area contributed by atoms with Gasteiger partial charge in [0.15, 0.2) is 5.82 Å². The second kappa shape index (κ2) is 5.08. The maximum Gasteiger partial charge on any atom is 0.161 e. The molecular weight excluding hydrogens is 347 g/mol. The van der Waals surface area contributed by atoms with Crippen LogP contribution in [0.15, 0.2) is 46.9 Å². The minimum Gasteiger partial charge on any atom is -0.227 e. The van der Waals surface area contributed by atoms with Crippen molar-refractivity contribution in [3.63, 3.8) is 0 Å². The van der Waals surface area contributed by atoms with Crippen molar-refractivity contribution >= 4 is 50.0 Å². The quantitative estimate of drug-likeness (QED) is 0.550. The molecule has 0 bridgehead atoms. The highest BCUT2D eigenvalue weighted by Gasteiger charge is 2.10. The second-order valence-corrected chi connectivity index (χ2v) is 5.63. The van der Waals surface area contributed by atoms with Crippen LogP contribution >= 0.6 is 39.1 Å².